The van der Waals surface area contributed by atoms with Crippen LogP contribution in [0.1, 0.15) is 33.1 Å². The van der Waals surface area contributed by atoms with Crippen molar-refractivity contribution in [1.29, 1.82) is 5.26 Å². The summed E-state index contributed by atoms with van der Waals surface area (Å²) in [6, 6.07) is 2.28. The van der Waals surface area contributed by atoms with Gasteiger partial charge in [0, 0.05) is 13.1 Å². The monoisotopic (exact) mass is 164 g/mol. The molecular formula is C10H16N2. The third kappa shape index (κ3) is 2.01. The highest BCUT2D eigenvalue weighted by Crippen LogP contribution is 2.16. The van der Waals surface area contributed by atoms with Gasteiger partial charge in [0.1, 0.15) is 11.8 Å². The van der Waals surface area contributed by atoms with Crippen molar-refractivity contribution in [3.05, 3.63) is 11.3 Å². The SMILES string of the molecule is CC(C)=C(C#N)N1CCCCC1. The molecule has 1 saturated heterocycles. The molecule has 0 radical (unpaired) electrons. The van der Waals surface area contributed by atoms with E-state index >= 15 is 0 Å². The first-order valence-electron chi connectivity index (χ1n) is 4.58. The Labute approximate surface area is 74.5 Å². The Hall–Kier alpha value is -0.970. The fraction of sp³-hybridized carbons (Fsp3) is 0.700. The predicted octanol–water partition coefficient (Wildman–Crippen LogP) is 2.29. The van der Waals surface area contributed by atoms with Gasteiger partial charge >= 0.3 is 0 Å². The molecule has 2 heteroatoms. The molecule has 1 aliphatic rings. The van der Waals surface area contributed by atoms with E-state index < -0.39 is 0 Å². The fourth-order valence-corrected chi connectivity index (χ4v) is 1.62. The van der Waals surface area contributed by atoms with E-state index in [1.54, 1.807) is 0 Å². The van der Waals surface area contributed by atoms with E-state index in [9.17, 15) is 0 Å². The van der Waals surface area contributed by atoms with Crippen LogP contribution < -0.4 is 0 Å². The lowest BCUT2D eigenvalue weighted by atomic mass is 10.1. The second-order valence-electron chi connectivity index (χ2n) is 3.51. The summed E-state index contributed by atoms with van der Waals surface area (Å²) in [7, 11) is 0. The van der Waals surface area contributed by atoms with Gasteiger partial charge in [0.2, 0.25) is 0 Å². The summed E-state index contributed by atoms with van der Waals surface area (Å²) >= 11 is 0. The molecule has 0 aromatic rings. The van der Waals surface area contributed by atoms with Crippen LogP contribution in [0.15, 0.2) is 11.3 Å². The lowest BCUT2D eigenvalue weighted by molar-refractivity contribution is 0.292. The van der Waals surface area contributed by atoms with Gasteiger partial charge < -0.3 is 4.90 Å². The third-order valence-corrected chi connectivity index (χ3v) is 2.25. The summed E-state index contributed by atoms with van der Waals surface area (Å²) in [6.45, 7) is 6.14. The van der Waals surface area contributed by atoms with Gasteiger partial charge in [0.15, 0.2) is 0 Å². The largest absolute Gasteiger partial charge is 0.363 e. The molecule has 1 heterocycles. The Balaban J connectivity index is 2.67. The van der Waals surface area contributed by atoms with Crippen LogP contribution in [0.25, 0.3) is 0 Å². The fourth-order valence-electron chi connectivity index (χ4n) is 1.62. The molecule has 1 fully saturated rings. The molecule has 66 valence electrons. The van der Waals surface area contributed by atoms with Crippen molar-refractivity contribution in [1.82, 2.24) is 4.90 Å². The number of piperidine rings is 1. The predicted molar refractivity (Wildman–Crippen MR) is 49.4 cm³/mol. The van der Waals surface area contributed by atoms with Crippen LogP contribution >= 0.6 is 0 Å². The van der Waals surface area contributed by atoms with Crippen LogP contribution in [0.5, 0.6) is 0 Å². The minimum absolute atomic E-state index is 0.884. The van der Waals surface area contributed by atoms with Crippen LogP contribution in [0.3, 0.4) is 0 Å². The highest BCUT2D eigenvalue weighted by atomic mass is 15.1. The van der Waals surface area contributed by atoms with E-state index in [-0.39, 0.29) is 0 Å². The maximum Gasteiger partial charge on any atom is 0.117 e. The molecule has 0 saturated carbocycles. The van der Waals surface area contributed by atoms with Crippen molar-refractivity contribution in [3.63, 3.8) is 0 Å². The maximum atomic E-state index is 8.90. The Morgan fingerprint density at radius 2 is 1.75 bits per heavy atom. The molecule has 0 aromatic heterocycles. The third-order valence-electron chi connectivity index (χ3n) is 2.25. The summed E-state index contributed by atoms with van der Waals surface area (Å²) in [6.07, 6.45) is 3.79. The molecule has 1 aliphatic heterocycles. The quantitative estimate of drug-likeness (QED) is 0.556. The van der Waals surface area contributed by atoms with Gasteiger partial charge in [-0.15, -0.1) is 0 Å². The number of hydrogen-bond acceptors (Lipinski definition) is 2. The molecule has 0 atom stereocenters. The number of likely N-dealkylation sites (tertiary alicyclic amines) is 1. The molecule has 2 nitrogen and oxygen atoms in total. The van der Waals surface area contributed by atoms with E-state index in [1.807, 2.05) is 13.8 Å². The first-order valence-corrected chi connectivity index (χ1v) is 4.58. The Morgan fingerprint density at radius 3 is 2.17 bits per heavy atom. The molecule has 0 spiro atoms. The van der Waals surface area contributed by atoms with E-state index in [4.69, 9.17) is 5.26 Å². The van der Waals surface area contributed by atoms with Crippen molar-refractivity contribution in [2.75, 3.05) is 13.1 Å². The smallest absolute Gasteiger partial charge is 0.117 e. The molecule has 0 N–H and O–H groups in total. The molecule has 0 aliphatic carbocycles. The number of rotatable bonds is 1. The number of allylic oxidation sites excluding steroid dienone is 2. The van der Waals surface area contributed by atoms with Crippen LogP contribution in [0.4, 0.5) is 0 Å². The van der Waals surface area contributed by atoms with Gasteiger partial charge in [-0.3, -0.25) is 0 Å². The number of hydrogen-bond donors (Lipinski definition) is 0. The zero-order valence-electron chi connectivity index (χ0n) is 7.93. The summed E-state index contributed by atoms with van der Waals surface area (Å²) < 4.78 is 0. The zero-order valence-corrected chi connectivity index (χ0v) is 7.93. The van der Waals surface area contributed by atoms with E-state index in [0.717, 1.165) is 24.4 Å². The summed E-state index contributed by atoms with van der Waals surface area (Å²) in [5.41, 5.74) is 2.02. The topological polar surface area (TPSA) is 27.0 Å². The molecule has 0 amide bonds. The van der Waals surface area contributed by atoms with E-state index in [0.29, 0.717) is 0 Å². The van der Waals surface area contributed by atoms with Crippen LogP contribution in [-0.4, -0.2) is 18.0 Å². The lowest BCUT2D eigenvalue weighted by Crippen LogP contribution is -2.29. The second kappa shape index (κ2) is 4.15. The van der Waals surface area contributed by atoms with Gasteiger partial charge in [-0.2, -0.15) is 5.26 Å². The molecule has 0 aromatic carbocycles. The highest BCUT2D eigenvalue weighted by Gasteiger charge is 2.13. The summed E-state index contributed by atoms with van der Waals surface area (Å²) in [4.78, 5) is 2.21. The number of nitrogens with zero attached hydrogens (tertiary/aromatic N) is 2. The van der Waals surface area contributed by atoms with E-state index in [2.05, 4.69) is 11.0 Å². The molecule has 12 heavy (non-hydrogen) atoms. The van der Waals surface area contributed by atoms with Gasteiger partial charge in [-0.05, 0) is 38.7 Å². The Bertz CT molecular complexity index is 212. The van der Waals surface area contributed by atoms with Crippen molar-refractivity contribution >= 4 is 0 Å². The van der Waals surface area contributed by atoms with Gasteiger partial charge in [-0.1, -0.05) is 0 Å². The standard InChI is InChI=1S/C10H16N2/c1-9(2)10(8-11)12-6-4-3-5-7-12/h3-7H2,1-2H3. The maximum absolute atomic E-state index is 8.90. The van der Waals surface area contributed by atoms with Gasteiger partial charge in [0.25, 0.3) is 0 Å². The normalized spacial score (nSPS) is 16.9. The van der Waals surface area contributed by atoms with Crippen LogP contribution in [0.2, 0.25) is 0 Å². The average molecular weight is 164 g/mol. The minimum Gasteiger partial charge on any atom is -0.363 e. The summed E-state index contributed by atoms with van der Waals surface area (Å²) in [5, 5.41) is 8.90. The van der Waals surface area contributed by atoms with Crippen LogP contribution in [-0.2, 0) is 0 Å². The average Bonchev–Trinajstić information content (AvgIpc) is 2.07. The van der Waals surface area contributed by atoms with Crippen LogP contribution in [0, 0.1) is 11.3 Å². The molecular weight excluding hydrogens is 148 g/mol. The van der Waals surface area contributed by atoms with Crippen molar-refractivity contribution in [2.24, 2.45) is 0 Å². The minimum atomic E-state index is 0.884. The Kier molecular flexibility index (Phi) is 3.16. The molecule has 0 bridgehead atoms. The lowest BCUT2D eigenvalue weighted by Gasteiger charge is -2.28. The highest BCUT2D eigenvalue weighted by molar-refractivity contribution is 5.24. The zero-order chi connectivity index (χ0) is 8.97. The summed E-state index contributed by atoms with van der Waals surface area (Å²) in [5.74, 6) is 0. The first kappa shape index (κ1) is 9.12. The van der Waals surface area contributed by atoms with Gasteiger partial charge in [0.05, 0.1) is 0 Å². The van der Waals surface area contributed by atoms with E-state index in [1.165, 1.54) is 19.3 Å². The van der Waals surface area contributed by atoms with Crippen molar-refractivity contribution in [2.45, 2.75) is 33.1 Å². The second-order valence-corrected chi connectivity index (χ2v) is 3.51. The van der Waals surface area contributed by atoms with Crippen molar-refractivity contribution in [3.8, 4) is 6.07 Å². The molecule has 1 rings (SSSR count). The van der Waals surface area contributed by atoms with Crippen molar-refractivity contribution < 1.29 is 0 Å². The number of nitriles is 1. The molecule has 0 unspecified atom stereocenters. The Morgan fingerprint density at radius 1 is 1.17 bits per heavy atom. The first-order chi connectivity index (χ1) is 5.75. The van der Waals surface area contributed by atoms with Gasteiger partial charge in [-0.25, -0.2) is 0 Å².